The van der Waals surface area contributed by atoms with Crippen molar-refractivity contribution in [3.05, 3.63) is 12.2 Å². The number of aliphatic hydroxyl groups is 3. The predicted molar refractivity (Wildman–Crippen MR) is 185 cm³/mol. The molecule has 0 aliphatic rings. The smallest absolute Gasteiger partial charge is 0.222 e. The summed E-state index contributed by atoms with van der Waals surface area (Å²) < 4.78 is 0. The highest BCUT2D eigenvalue weighted by Crippen LogP contribution is 2.15. The lowest BCUT2D eigenvalue weighted by Crippen LogP contribution is -2.45. The zero-order valence-corrected chi connectivity index (χ0v) is 28.8. The monoisotopic (exact) mass is 610 g/mol. The molecule has 4 N–H and O–H groups in total. The fourth-order valence-corrected chi connectivity index (χ4v) is 5.87. The second-order valence-electron chi connectivity index (χ2n) is 13.2. The number of nitrogens with one attached hydrogen (secondary N) is 1. The van der Waals surface area contributed by atoms with Gasteiger partial charge in [-0.15, -0.1) is 0 Å². The van der Waals surface area contributed by atoms with Gasteiger partial charge < -0.3 is 20.6 Å². The Hall–Kier alpha value is -0.910. The van der Waals surface area contributed by atoms with Crippen LogP contribution >= 0.6 is 0 Å². The van der Waals surface area contributed by atoms with E-state index in [1.165, 1.54) is 148 Å². The summed E-state index contributed by atoms with van der Waals surface area (Å²) in [5, 5.41) is 33.0. The third-order valence-electron chi connectivity index (χ3n) is 8.82. The van der Waals surface area contributed by atoms with Gasteiger partial charge in [-0.05, 0) is 19.3 Å². The first-order valence-electron chi connectivity index (χ1n) is 19.0. The zero-order valence-electron chi connectivity index (χ0n) is 28.8. The van der Waals surface area contributed by atoms with E-state index in [0.717, 1.165) is 25.7 Å². The van der Waals surface area contributed by atoms with Gasteiger partial charge >= 0.3 is 0 Å². The molecule has 5 heteroatoms. The Morgan fingerprint density at radius 1 is 0.581 bits per heavy atom. The summed E-state index contributed by atoms with van der Waals surface area (Å²) in [5.74, 6) is -0.315. The fraction of sp³-hybridized carbons (Fsp3) is 0.921. The lowest BCUT2D eigenvalue weighted by atomic mass is 10.0. The van der Waals surface area contributed by atoms with Crippen molar-refractivity contribution in [3.8, 4) is 0 Å². The Balaban J connectivity index is 3.71. The highest BCUT2D eigenvalue weighted by atomic mass is 16.3. The summed E-state index contributed by atoms with van der Waals surface area (Å²) in [4.78, 5) is 12.4. The highest BCUT2D eigenvalue weighted by molar-refractivity contribution is 5.76. The molecule has 0 aromatic heterocycles. The minimum absolute atomic E-state index is 0.0181. The lowest BCUT2D eigenvalue weighted by molar-refractivity contribution is -0.124. The maximum absolute atomic E-state index is 12.4. The molecule has 0 saturated carbocycles. The number of unbranched alkanes of at least 4 members (excludes halogenated alkanes) is 25. The Kier molecular flexibility index (Phi) is 33.3. The van der Waals surface area contributed by atoms with Gasteiger partial charge in [0.15, 0.2) is 0 Å². The van der Waals surface area contributed by atoms with Crippen molar-refractivity contribution in [3.63, 3.8) is 0 Å². The third kappa shape index (κ3) is 30.9. The molecular weight excluding hydrogens is 534 g/mol. The third-order valence-corrected chi connectivity index (χ3v) is 8.82. The summed E-state index contributed by atoms with van der Waals surface area (Å²) in [6.07, 6.45) is 37.6. The van der Waals surface area contributed by atoms with Crippen molar-refractivity contribution in [2.45, 2.75) is 218 Å². The number of rotatable bonds is 34. The molecular formula is C38H75NO4. The summed E-state index contributed by atoms with van der Waals surface area (Å²) in [5.41, 5.74) is 0. The number of allylic oxidation sites excluding steroid dienone is 1. The first-order valence-corrected chi connectivity index (χ1v) is 19.0. The predicted octanol–water partition coefficient (Wildman–Crippen LogP) is 10.1. The van der Waals surface area contributed by atoms with Gasteiger partial charge in [0, 0.05) is 0 Å². The van der Waals surface area contributed by atoms with Crippen LogP contribution in [0, 0.1) is 0 Å². The van der Waals surface area contributed by atoms with E-state index < -0.39 is 18.2 Å². The molecule has 0 aromatic rings. The van der Waals surface area contributed by atoms with E-state index in [2.05, 4.69) is 19.2 Å². The van der Waals surface area contributed by atoms with Crippen molar-refractivity contribution in [1.29, 1.82) is 0 Å². The zero-order chi connectivity index (χ0) is 31.6. The Morgan fingerprint density at radius 3 is 1.35 bits per heavy atom. The molecule has 1 amide bonds. The fourth-order valence-electron chi connectivity index (χ4n) is 5.87. The van der Waals surface area contributed by atoms with Crippen LogP contribution in [0.5, 0.6) is 0 Å². The highest BCUT2D eigenvalue weighted by Gasteiger charge is 2.20. The number of carbonyl (C=O) groups excluding carboxylic acids is 1. The van der Waals surface area contributed by atoms with Crippen LogP contribution < -0.4 is 5.32 Å². The Morgan fingerprint density at radius 2 is 0.953 bits per heavy atom. The number of hydrogen-bond donors (Lipinski definition) is 4. The molecule has 0 aliphatic heterocycles. The first-order chi connectivity index (χ1) is 21.0. The maximum atomic E-state index is 12.4. The Labute approximate surface area is 268 Å². The van der Waals surface area contributed by atoms with E-state index >= 15 is 0 Å². The van der Waals surface area contributed by atoms with Crippen LogP contribution in [-0.2, 0) is 4.79 Å². The number of hydrogen-bond acceptors (Lipinski definition) is 4. The quantitative estimate of drug-likeness (QED) is 0.0432. The lowest BCUT2D eigenvalue weighted by Gasteiger charge is -2.21. The molecule has 0 heterocycles. The van der Waals surface area contributed by atoms with E-state index in [1.807, 2.05) is 6.08 Å². The molecule has 5 nitrogen and oxygen atoms in total. The van der Waals surface area contributed by atoms with E-state index in [0.29, 0.717) is 6.42 Å². The molecule has 0 saturated heterocycles. The molecule has 0 bridgehead atoms. The summed E-state index contributed by atoms with van der Waals surface area (Å²) in [6, 6.07) is -0.737. The number of aliphatic hydroxyl groups excluding tert-OH is 3. The SMILES string of the molecule is CCCCCCCCCCCCCC/C=C/C(O)C(CO)NC(=O)CC(O)CCCCCCCCCCCCCCCC. The minimum atomic E-state index is -0.922. The number of amides is 1. The van der Waals surface area contributed by atoms with Gasteiger partial charge in [0.25, 0.3) is 0 Å². The second kappa shape index (κ2) is 34.0. The van der Waals surface area contributed by atoms with Gasteiger partial charge in [-0.25, -0.2) is 0 Å². The van der Waals surface area contributed by atoms with Gasteiger partial charge in [-0.1, -0.05) is 187 Å². The molecule has 43 heavy (non-hydrogen) atoms. The van der Waals surface area contributed by atoms with Crippen LogP contribution in [0.3, 0.4) is 0 Å². The van der Waals surface area contributed by atoms with Crippen molar-refractivity contribution in [2.24, 2.45) is 0 Å². The van der Waals surface area contributed by atoms with Crippen LogP contribution in [0.1, 0.15) is 200 Å². The Bertz CT molecular complexity index is 596. The van der Waals surface area contributed by atoms with Crippen molar-refractivity contribution >= 4 is 5.91 Å². The summed E-state index contributed by atoms with van der Waals surface area (Å²) >= 11 is 0. The molecule has 0 spiro atoms. The van der Waals surface area contributed by atoms with Crippen LogP contribution in [0.4, 0.5) is 0 Å². The largest absolute Gasteiger partial charge is 0.394 e. The van der Waals surface area contributed by atoms with Crippen molar-refractivity contribution in [1.82, 2.24) is 5.32 Å². The first kappa shape index (κ1) is 42.1. The maximum Gasteiger partial charge on any atom is 0.222 e. The van der Waals surface area contributed by atoms with Gasteiger partial charge in [-0.3, -0.25) is 4.79 Å². The van der Waals surface area contributed by atoms with Crippen LogP contribution in [0.25, 0.3) is 0 Å². The average Bonchev–Trinajstić information content (AvgIpc) is 3.00. The molecule has 0 aromatic carbocycles. The van der Waals surface area contributed by atoms with Gasteiger partial charge in [0.2, 0.25) is 5.91 Å². The van der Waals surface area contributed by atoms with Crippen LogP contribution in [-0.4, -0.2) is 46.1 Å². The van der Waals surface area contributed by atoms with Gasteiger partial charge in [-0.2, -0.15) is 0 Å². The van der Waals surface area contributed by atoms with E-state index in [9.17, 15) is 20.1 Å². The van der Waals surface area contributed by atoms with Gasteiger partial charge in [0.05, 0.1) is 31.3 Å². The topological polar surface area (TPSA) is 89.8 Å². The summed E-state index contributed by atoms with van der Waals surface area (Å²) in [7, 11) is 0. The van der Waals surface area contributed by atoms with Gasteiger partial charge in [0.1, 0.15) is 0 Å². The molecule has 3 atom stereocenters. The molecule has 256 valence electrons. The molecule has 0 fully saturated rings. The standard InChI is InChI=1S/C38H75NO4/c1-3-5-7-9-11-13-15-17-19-21-23-25-27-29-31-35(41)33-38(43)39-36(34-40)37(42)32-30-28-26-24-22-20-18-16-14-12-10-8-6-4-2/h30,32,35-37,40-42H,3-29,31,33-34H2,1-2H3,(H,39,43)/b32-30+. The molecule has 0 rings (SSSR count). The van der Waals surface area contributed by atoms with E-state index in [4.69, 9.17) is 0 Å². The summed E-state index contributed by atoms with van der Waals surface area (Å²) in [6.45, 7) is 4.20. The normalized spacial score (nSPS) is 13.9. The second-order valence-corrected chi connectivity index (χ2v) is 13.2. The van der Waals surface area contributed by atoms with Crippen molar-refractivity contribution in [2.75, 3.05) is 6.61 Å². The molecule has 3 unspecified atom stereocenters. The molecule has 0 aliphatic carbocycles. The number of carbonyl (C=O) groups is 1. The van der Waals surface area contributed by atoms with E-state index in [1.54, 1.807) is 6.08 Å². The van der Waals surface area contributed by atoms with Crippen LogP contribution in [0.15, 0.2) is 12.2 Å². The van der Waals surface area contributed by atoms with Crippen LogP contribution in [0.2, 0.25) is 0 Å². The van der Waals surface area contributed by atoms with Crippen molar-refractivity contribution < 1.29 is 20.1 Å². The minimum Gasteiger partial charge on any atom is -0.394 e. The average molecular weight is 610 g/mol. The molecule has 0 radical (unpaired) electrons. The van der Waals surface area contributed by atoms with E-state index in [-0.39, 0.29) is 18.9 Å².